The van der Waals surface area contributed by atoms with Crippen LogP contribution in [0.15, 0.2) is 18.2 Å². The maximum absolute atomic E-state index is 14.1. The van der Waals surface area contributed by atoms with Gasteiger partial charge in [0.05, 0.1) is 23.6 Å². The second-order valence-corrected chi connectivity index (χ2v) is 6.17. The van der Waals surface area contributed by atoms with Gasteiger partial charge in [-0.1, -0.05) is 31.0 Å². The van der Waals surface area contributed by atoms with Crippen molar-refractivity contribution in [1.29, 1.82) is 0 Å². The molecule has 0 N–H and O–H groups in total. The van der Waals surface area contributed by atoms with Crippen LogP contribution in [0.2, 0.25) is 5.02 Å². The van der Waals surface area contributed by atoms with Crippen molar-refractivity contribution in [2.24, 2.45) is 0 Å². The molecule has 146 valence electrons. The average molecular weight is 388 g/mol. The first kappa shape index (κ1) is 22.4. The van der Waals surface area contributed by atoms with E-state index in [2.05, 4.69) is 6.92 Å². The number of unbranched alkanes of at least 4 members (excludes halogenated alkanes) is 1. The fraction of sp³-hybridized carbons (Fsp3) is 0.579. The molecule has 0 radical (unpaired) electrons. The van der Waals surface area contributed by atoms with Gasteiger partial charge in [0.1, 0.15) is 5.82 Å². The van der Waals surface area contributed by atoms with Crippen LogP contribution in [0, 0.1) is 5.82 Å². The van der Waals surface area contributed by atoms with Crippen LogP contribution in [0.4, 0.5) is 4.39 Å². The summed E-state index contributed by atoms with van der Waals surface area (Å²) in [7, 11) is 0. The van der Waals surface area contributed by atoms with Gasteiger partial charge in [-0.3, -0.25) is 9.59 Å². The third kappa shape index (κ3) is 7.70. The zero-order valence-corrected chi connectivity index (χ0v) is 16.2. The summed E-state index contributed by atoms with van der Waals surface area (Å²) in [6.45, 7) is 5.72. The molecule has 0 aromatic heterocycles. The highest BCUT2D eigenvalue weighted by atomic mass is 35.5. The first-order valence-corrected chi connectivity index (χ1v) is 9.35. The Bertz CT molecular complexity index is 562. The lowest BCUT2D eigenvalue weighted by atomic mass is 10.1. The Balaban J connectivity index is 2.72. The van der Waals surface area contributed by atoms with Crippen LogP contribution < -0.4 is 0 Å². The van der Waals surface area contributed by atoms with Gasteiger partial charge < -0.3 is 14.4 Å². The number of carbonyl (C=O) groups is 2. The lowest BCUT2D eigenvalue weighted by Gasteiger charge is -2.23. The highest BCUT2D eigenvalue weighted by molar-refractivity contribution is 6.33. The van der Waals surface area contributed by atoms with Gasteiger partial charge in [0, 0.05) is 26.3 Å². The van der Waals surface area contributed by atoms with Gasteiger partial charge in [-0.25, -0.2) is 4.39 Å². The second-order valence-electron chi connectivity index (χ2n) is 5.76. The number of halogens is 2. The maximum atomic E-state index is 14.1. The third-order valence-electron chi connectivity index (χ3n) is 3.71. The summed E-state index contributed by atoms with van der Waals surface area (Å²) in [5, 5.41) is 0.0512. The molecule has 7 heteroatoms. The number of amides is 1. The van der Waals surface area contributed by atoms with Crippen LogP contribution in [0.3, 0.4) is 0 Å². The number of nitrogens with zero attached hydrogens (tertiary/aromatic N) is 1. The number of benzene rings is 1. The van der Waals surface area contributed by atoms with E-state index >= 15 is 0 Å². The van der Waals surface area contributed by atoms with Crippen LogP contribution in [0.1, 0.15) is 49.9 Å². The van der Waals surface area contributed by atoms with Crippen LogP contribution in [-0.4, -0.2) is 49.7 Å². The normalized spacial score (nSPS) is 10.6. The zero-order valence-electron chi connectivity index (χ0n) is 15.4. The minimum Gasteiger partial charge on any atom is -0.466 e. The van der Waals surface area contributed by atoms with Gasteiger partial charge in [0.2, 0.25) is 0 Å². The van der Waals surface area contributed by atoms with E-state index in [-0.39, 0.29) is 30.2 Å². The molecule has 0 saturated carbocycles. The molecule has 0 aliphatic rings. The lowest BCUT2D eigenvalue weighted by molar-refractivity contribution is -0.143. The summed E-state index contributed by atoms with van der Waals surface area (Å²) in [6, 6.07) is 4.10. The Morgan fingerprint density at radius 3 is 2.54 bits per heavy atom. The fourth-order valence-electron chi connectivity index (χ4n) is 2.34. The molecular weight excluding hydrogens is 361 g/mol. The molecule has 26 heavy (non-hydrogen) atoms. The second kappa shape index (κ2) is 12.7. The first-order chi connectivity index (χ1) is 12.5. The fourth-order valence-corrected chi connectivity index (χ4v) is 2.58. The summed E-state index contributed by atoms with van der Waals surface area (Å²) in [6.07, 6.45) is 2.67. The molecule has 0 heterocycles. The van der Waals surface area contributed by atoms with E-state index in [4.69, 9.17) is 21.1 Å². The van der Waals surface area contributed by atoms with Gasteiger partial charge in [0.25, 0.3) is 5.91 Å². The number of carbonyl (C=O) groups excluding carboxylic acids is 2. The predicted octanol–water partition coefficient (Wildman–Crippen LogP) is 4.08. The standard InChI is InChI=1S/C19H27ClFNO4/c1-3-5-13-25-14-7-11-22(12-10-17(23)26-4-2)19(24)18-15(20)8-6-9-16(18)21/h6,8-9H,3-5,7,10-14H2,1-2H3. The molecule has 1 amide bonds. The van der Waals surface area contributed by atoms with Crippen molar-refractivity contribution in [2.75, 3.05) is 32.9 Å². The van der Waals surface area contributed by atoms with Gasteiger partial charge in [-0.2, -0.15) is 0 Å². The Morgan fingerprint density at radius 1 is 1.15 bits per heavy atom. The van der Waals surface area contributed by atoms with Gasteiger partial charge in [-0.05, 0) is 31.9 Å². The van der Waals surface area contributed by atoms with Crippen LogP contribution in [0.25, 0.3) is 0 Å². The number of hydrogen-bond acceptors (Lipinski definition) is 4. The molecule has 0 atom stereocenters. The Hall–Kier alpha value is -1.66. The SMILES string of the molecule is CCCCOCCCN(CCC(=O)OCC)C(=O)c1c(F)cccc1Cl. The number of ether oxygens (including phenoxy) is 2. The summed E-state index contributed by atoms with van der Waals surface area (Å²) >= 11 is 6.00. The smallest absolute Gasteiger partial charge is 0.307 e. The quantitative estimate of drug-likeness (QED) is 0.400. The molecule has 1 rings (SSSR count). The minimum absolute atomic E-state index is 0.0440. The van der Waals surface area contributed by atoms with Gasteiger partial charge in [-0.15, -0.1) is 0 Å². The monoisotopic (exact) mass is 387 g/mol. The summed E-state index contributed by atoms with van der Waals surface area (Å²) in [5.41, 5.74) is -0.176. The van der Waals surface area contributed by atoms with Gasteiger partial charge >= 0.3 is 5.97 Å². The highest BCUT2D eigenvalue weighted by Crippen LogP contribution is 2.21. The zero-order chi connectivity index (χ0) is 19.4. The first-order valence-electron chi connectivity index (χ1n) is 8.97. The van der Waals surface area contributed by atoms with Crippen molar-refractivity contribution >= 4 is 23.5 Å². The van der Waals surface area contributed by atoms with Crippen LogP contribution >= 0.6 is 11.6 Å². The van der Waals surface area contributed by atoms with E-state index in [1.807, 2.05) is 0 Å². The van der Waals surface area contributed by atoms with Crippen molar-refractivity contribution in [3.63, 3.8) is 0 Å². The Kier molecular flexibility index (Phi) is 10.9. The molecule has 5 nitrogen and oxygen atoms in total. The number of hydrogen-bond donors (Lipinski definition) is 0. The molecule has 1 aromatic rings. The Morgan fingerprint density at radius 2 is 1.88 bits per heavy atom. The molecule has 0 saturated heterocycles. The molecule has 1 aromatic carbocycles. The highest BCUT2D eigenvalue weighted by Gasteiger charge is 2.22. The summed E-state index contributed by atoms with van der Waals surface area (Å²) in [4.78, 5) is 25.8. The van der Waals surface area contributed by atoms with E-state index in [1.54, 1.807) is 6.92 Å². The molecule has 0 unspecified atom stereocenters. The Labute approximate surface area is 159 Å². The van der Waals surface area contributed by atoms with E-state index in [0.29, 0.717) is 26.2 Å². The van der Waals surface area contributed by atoms with Crippen molar-refractivity contribution in [1.82, 2.24) is 4.90 Å². The largest absolute Gasteiger partial charge is 0.466 e. The summed E-state index contributed by atoms with van der Waals surface area (Å²) in [5.74, 6) is -1.61. The van der Waals surface area contributed by atoms with E-state index in [9.17, 15) is 14.0 Å². The lowest BCUT2D eigenvalue weighted by Crippen LogP contribution is -2.35. The molecule has 0 spiro atoms. The van der Waals surface area contributed by atoms with Crippen molar-refractivity contribution in [2.45, 2.75) is 39.5 Å². The molecule has 0 bridgehead atoms. The van der Waals surface area contributed by atoms with Crippen LogP contribution in [0.5, 0.6) is 0 Å². The summed E-state index contributed by atoms with van der Waals surface area (Å²) < 4.78 is 24.4. The maximum Gasteiger partial charge on any atom is 0.307 e. The van der Waals surface area contributed by atoms with Crippen molar-refractivity contribution < 1.29 is 23.5 Å². The van der Waals surface area contributed by atoms with E-state index < -0.39 is 17.7 Å². The average Bonchev–Trinajstić information content (AvgIpc) is 2.60. The molecular formula is C19H27ClFNO4. The van der Waals surface area contributed by atoms with E-state index in [0.717, 1.165) is 12.8 Å². The predicted molar refractivity (Wildman–Crippen MR) is 98.9 cm³/mol. The molecule has 0 fully saturated rings. The number of rotatable bonds is 12. The minimum atomic E-state index is -0.678. The number of esters is 1. The van der Waals surface area contributed by atoms with Crippen molar-refractivity contribution in [3.05, 3.63) is 34.6 Å². The van der Waals surface area contributed by atoms with Crippen molar-refractivity contribution in [3.8, 4) is 0 Å². The topological polar surface area (TPSA) is 55.8 Å². The van der Waals surface area contributed by atoms with Gasteiger partial charge in [0.15, 0.2) is 0 Å². The third-order valence-corrected chi connectivity index (χ3v) is 4.03. The van der Waals surface area contributed by atoms with E-state index in [1.165, 1.54) is 23.1 Å². The molecule has 0 aliphatic carbocycles. The van der Waals surface area contributed by atoms with Crippen LogP contribution in [-0.2, 0) is 14.3 Å². The molecule has 0 aliphatic heterocycles.